The topological polar surface area (TPSA) is 93.7 Å². The van der Waals surface area contributed by atoms with Gasteiger partial charge in [0.1, 0.15) is 0 Å². The van der Waals surface area contributed by atoms with Crippen LogP contribution in [0, 0.1) is 0 Å². The Morgan fingerprint density at radius 1 is 1.30 bits per heavy atom. The zero-order valence-electron chi connectivity index (χ0n) is 11.8. The minimum atomic E-state index is -3.69. The lowest BCUT2D eigenvalue weighted by molar-refractivity contribution is -0.286. The van der Waals surface area contributed by atoms with Gasteiger partial charge in [-0.3, -0.25) is 4.79 Å². The van der Waals surface area contributed by atoms with Crippen molar-refractivity contribution in [3.8, 4) is 11.5 Å². The van der Waals surface area contributed by atoms with Gasteiger partial charge in [-0.2, -0.15) is 0 Å². The van der Waals surface area contributed by atoms with Crippen LogP contribution in [-0.2, 0) is 14.6 Å². The van der Waals surface area contributed by atoms with Gasteiger partial charge in [-0.25, -0.2) is 8.42 Å². The number of sulfone groups is 1. The molecule has 2 N–H and O–H groups in total. The summed E-state index contributed by atoms with van der Waals surface area (Å²) in [6.07, 6.45) is -3.29. The van der Waals surface area contributed by atoms with Crippen LogP contribution in [-0.4, -0.2) is 44.7 Å². The minimum Gasteiger partial charge on any atom is -0.395 e. The van der Waals surface area contributed by atoms with E-state index >= 15 is 0 Å². The maximum atomic E-state index is 12.9. The monoisotopic (exact) mass is 348 g/mol. The van der Waals surface area contributed by atoms with Gasteiger partial charge in [0.2, 0.25) is 5.91 Å². The molecule has 0 unspecified atom stereocenters. The van der Waals surface area contributed by atoms with E-state index in [0.29, 0.717) is 12.1 Å². The molecule has 1 aromatic carbocycles. The van der Waals surface area contributed by atoms with Gasteiger partial charge in [-0.15, -0.1) is 8.78 Å². The lowest BCUT2D eigenvalue weighted by atomic mass is 10.2. The van der Waals surface area contributed by atoms with Crippen molar-refractivity contribution in [3.05, 3.63) is 18.2 Å². The molecule has 126 valence electrons. The Hall–Kier alpha value is -2.10. The van der Waals surface area contributed by atoms with Crippen LogP contribution in [0.5, 0.6) is 11.5 Å². The lowest BCUT2D eigenvalue weighted by Crippen LogP contribution is -2.39. The molecule has 0 bridgehead atoms. The van der Waals surface area contributed by atoms with Gasteiger partial charge in [0.15, 0.2) is 21.3 Å². The normalized spacial score (nSPS) is 23.5. The Balaban J connectivity index is 1.52. The highest BCUT2D eigenvalue weighted by molar-refractivity contribution is 7.91. The molecule has 0 spiro atoms. The molecule has 2 aliphatic rings. The van der Waals surface area contributed by atoms with E-state index in [1.54, 1.807) is 0 Å². The van der Waals surface area contributed by atoms with Gasteiger partial charge in [-0.1, -0.05) is 0 Å². The van der Waals surface area contributed by atoms with Crippen LogP contribution in [0.3, 0.4) is 0 Å². The molecule has 10 heteroatoms. The molecule has 7 nitrogen and oxygen atoms in total. The second-order valence-corrected chi connectivity index (χ2v) is 7.58. The van der Waals surface area contributed by atoms with Crippen molar-refractivity contribution in [3.63, 3.8) is 0 Å². The van der Waals surface area contributed by atoms with Gasteiger partial charge in [-0.05, 0) is 18.6 Å². The smallest absolute Gasteiger partial charge is 0.395 e. The molecule has 1 atom stereocenters. The zero-order chi connectivity index (χ0) is 16.7. The van der Waals surface area contributed by atoms with Crippen molar-refractivity contribution in [1.82, 2.24) is 5.32 Å². The summed E-state index contributed by atoms with van der Waals surface area (Å²) in [4.78, 5) is 11.8. The van der Waals surface area contributed by atoms with Gasteiger partial charge >= 0.3 is 6.29 Å². The van der Waals surface area contributed by atoms with E-state index < -0.39 is 16.1 Å². The average Bonchev–Trinajstić information content (AvgIpc) is 2.93. The fourth-order valence-corrected chi connectivity index (χ4v) is 4.10. The van der Waals surface area contributed by atoms with Crippen LogP contribution >= 0.6 is 0 Å². The number of nitrogens with one attached hydrogen (secondary N) is 2. The SMILES string of the molecule is O=C(CNc1ccc2c(c1)OC(F)(F)O2)N[C@H]1CCS(=O)(=O)C1. The van der Waals surface area contributed by atoms with E-state index in [4.69, 9.17) is 0 Å². The van der Waals surface area contributed by atoms with Gasteiger partial charge in [0, 0.05) is 17.8 Å². The minimum absolute atomic E-state index is 0.0577. The zero-order valence-corrected chi connectivity index (χ0v) is 12.7. The molecule has 2 aliphatic heterocycles. The molecule has 1 saturated heterocycles. The van der Waals surface area contributed by atoms with Crippen LogP contribution < -0.4 is 20.1 Å². The molecule has 0 saturated carbocycles. The Labute approximate surface area is 130 Å². The standard InChI is InChI=1S/C13H14F2N2O5S/c14-13(15)21-10-2-1-8(5-11(10)22-13)16-6-12(18)17-9-3-4-23(19,20)7-9/h1-2,5,9,16H,3-4,6-7H2,(H,17,18)/t9-/m0/s1. The number of hydrogen-bond acceptors (Lipinski definition) is 6. The molecule has 1 aromatic rings. The predicted molar refractivity (Wildman–Crippen MR) is 76.3 cm³/mol. The quantitative estimate of drug-likeness (QED) is 0.833. The molecule has 0 aliphatic carbocycles. The number of ether oxygens (including phenoxy) is 2. The van der Waals surface area contributed by atoms with E-state index in [2.05, 4.69) is 20.1 Å². The Bertz CT molecular complexity index is 738. The number of carbonyl (C=O) groups excluding carboxylic acids is 1. The molecule has 1 fully saturated rings. The van der Waals surface area contributed by atoms with Gasteiger partial charge in [0.25, 0.3) is 0 Å². The Kier molecular flexibility index (Phi) is 3.78. The van der Waals surface area contributed by atoms with Gasteiger partial charge in [0.05, 0.1) is 18.1 Å². The summed E-state index contributed by atoms with van der Waals surface area (Å²) in [6.45, 7) is -0.118. The first-order valence-corrected chi connectivity index (χ1v) is 8.68. The van der Waals surface area contributed by atoms with Gasteiger partial charge < -0.3 is 20.1 Å². The summed E-state index contributed by atoms with van der Waals surface area (Å²) in [5.74, 6) is -0.571. The van der Waals surface area contributed by atoms with Crippen LogP contribution in [0.25, 0.3) is 0 Å². The highest BCUT2D eigenvalue weighted by Gasteiger charge is 2.43. The second kappa shape index (κ2) is 5.52. The Morgan fingerprint density at radius 2 is 2.04 bits per heavy atom. The number of hydrogen-bond donors (Lipinski definition) is 2. The van der Waals surface area contributed by atoms with Crippen molar-refractivity contribution in [2.45, 2.75) is 18.8 Å². The van der Waals surface area contributed by atoms with Crippen molar-refractivity contribution in [1.29, 1.82) is 0 Å². The second-order valence-electron chi connectivity index (χ2n) is 5.35. The summed E-state index contributed by atoms with van der Waals surface area (Å²) in [7, 11) is -3.06. The largest absolute Gasteiger partial charge is 0.586 e. The molecular formula is C13H14F2N2O5S. The molecule has 0 aromatic heterocycles. The summed E-state index contributed by atoms with van der Waals surface area (Å²) >= 11 is 0. The van der Waals surface area contributed by atoms with Crippen molar-refractivity contribution in [2.24, 2.45) is 0 Å². The number of rotatable bonds is 4. The first-order valence-electron chi connectivity index (χ1n) is 6.86. The maximum absolute atomic E-state index is 12.9. The van der Waals surface area contributed by atoms with Crippen LogP contribution in [0.1, 0.15) is 6.42 Å². The lowest BCUT2D eigenvalue weighted by Gasteiger charge is -2.12. The number of anilines is 1. The third-order valence-corrected chi connectivity index (χ3v) is 5.22. The molecule has 3 rings (SSSR count). The van der Waals surface area contributed by atoms with E-state index in [1.165, 1.54) is 18.2 Å². The first kappa shape index (κ1) is 15.8. The van der Waals surface area contributed by atoms with E-state index in [1.807, 2.05) is 0 Å². The molecular weight excluding hydrogens is 334 g/mol. The van der Waals surface area contributed by atoms with Crippen molar-refractivity contribution >= 4 is 21.4 Å². The van der Waals surface area contributed by atoms with E-state index in [9.17, 15) is 22.0 Å². The number of amides is 1. The van der Waals surface area contributed by atoms with E-state index in [-0.39, 0.29) is 41.5 Å². The first-order chi connectivity index (χ1) is 10.7. The number of benzene rings is 1. The van der Waals surface area contributed by atoms with Crippen LogP contribution in [0.15, 0.2) is 18.2 Å². The predicted octanol–water partition coefficient (Wildman–Crippen LogP) is 0.723. The fourth-order valence-electron chi connectivity index (χ4n) is 2.43. The highest BCUT2D eigenvalue weighted by Crippen LogP contribution is 2.42. The number of carbonyl (C=O) groups is 1. The maximum Gasteiger partial charge on any atom is 0.586 e. The summed E-state index contributed by atoms with van der Waals surface area (Å²) in [5, 5.41) is 5.37. The summed E-state index contributed by atoms with van der Waals surface area (Å²) < 4.78 is 57.0. The van der Waals surface area contributed by atoms with Crippen molar-refractivity contribution < 1.29 is 31.5 Å². The molecule has 2 heterocycles. The highest BCUT2D eigenvalue weighted by atomic mass is 32.2. The van der Waals surface area contributed by atoms with Crippen LogP contribution in [0.2, 0.25) is 0 Å². The number of fused-ring (bicyclic) bond motifs is 1. The fraction of sp³-hybridized carbons (Fsp3) is 0.462. The number of alkyl halides is 2. The number of halogens is 2. The van der Waals surface area contributed by atoms with Crippen LogP contribution in [0.4, 0.5) is 14.5 Å². The van der Waals surface area contributed by atoms with E-state index in [0.717, 1.165) is 0 Å². The molecule has 23 heavy (non-hydrogen) atoms. The Morgan fingerprint density at radius 3 is 2.74 bits per heavy atom. The molecule has 0 radical (unpaired) electrons. The molecule has 1 amide bonds. The summed E-state index contributed by atoms with van der Waals surface area (Å²) in [6, 6.07) is 3.69. The van der Waals surface area contributed by atoms with Crippen molar-refractivity contribution in [2.75, 3.05) is 23.4 Å². The third-order valence-electron chi connectivity index (χ3n) is 3.45. The summed E-state index contributed by atoms with van der Waals surface area (Å²) in [5.41, 5.74) is 0.402. The average molecular weight is 348 g/mol. The third kappa shape index (κ3) is 3.81.